The first kappa shape index (κ1) is 14.3. The molecule has 0 aliphatic carbocycles. The van der Waals surface area contributed by atoms with Crippen LogP contribution in [0.1, 0.15) is 22.9 Å². The molecular weight excluding hydrogens is 335 g/mol. The number of benzene rings is 2. The summed E-state index contributed by atoms with van der Waals surface area (Å²) in [5.74, 6) is 5.96. The maximum Gasteiger partial charge on any atom is 0.134 e. The zero-order valence-electron chi connectivity index (χ0n) is 11.4. The number of hydrogen-bond donors (Lipinski definition) is 2. The van der Waals surface area contributed by atoms with E-state index in [0.717, 1.165) is 16.5 Å². The van der Waals surface area contributed by atoms with Crippen molar-refractivity contribution < 1.29 is 8.81 Å². The highest BCUT2D eigenvalue weighted by molar-refractivity contribution is 9.10. The Morgan fingerprint density at radius 2 is 2.00 bits per heavy atom. The Balaban J connectivity index is 2.08. The maximum atomic E-state index is 13.6. The van der Waals surface area contributed by atoms with E-state index in [4.69, 9.17) is 10.3 Å². The number of hydrogen-bond acceptors (Lipinski definition) is 3. The number of nitrogens with two attached hydrogens (primary N) is 1. The molecule has 0 fully saturated rings. The Morgan fingerprint density at radius 1 is 1.19 bits per heavy atom. The van der Waals surface area contributed by atoms with Gasteiger partial charge >= 0.3 is 0 Å². The van der Waals surface area contributed by atoms with Crippen LogP contribution in [0.3, 0.4) is 0 Å². The summed E-state index contributed by atoms with van der Waals surface area (Å²) in [7, 11) is 0. The standard InChI is InChI=1S/C16H14BrFN2O/c1-9-2-3-14-10(4-9)7-15(21-14)16(20-19)11-5-12(17)8-13(18)6-11/h2-8,16,20H,19H2,1H3. The first-order valence-corrected chi connectivity index (χ1v) is 7.28. The lowest BCUT2D eigenvalue weighted by molar-refractivity contribution is 0.475. The predicted molar refractivity (Wildman–Crippen MR) is 84.2 cm³/mol. The first-order chi connectivity index (χ1) is 10.1. The van der Waals surface area contributed by atoms with Gasteiger partial charge < -0.3 is 4.42 Å². The number of halogens is 2. The number of hydrazine groups is 1. The molecule has 0 saturated heterocycles. The minimum atomic E-state index is -0.412. The van der Waals surface area contributed by atoms with Crippen molar-refractivity contribution in [2.24, 2.45) is 5.84 Å². The second-order valence-corrected chi connectivity index (χ2v) is 5.91. The van der Waals surface area contributed by atoms with Gasteiger partial charge in [0.1, 0.15) is 23.2 Å². The summed E-state index contributed by atoms with van der Waals surface area (Å²) in [5, 5.41) is 1.00. The van der Waals surface area contributed by atoms with Crippen molar-refractivity contribution in [3.63, 3.8) is 0 Å². The molecule has 5 heteroatoms. The molecule has 21 heavy (non-hydrogen) atoms. The second kappa shape index (κ2) is 5.60. The quantitative estimate of drug-likeness (QED) is 0.551. The SMILES string of the molecule is Cc1ccc2oc(C(NN)c3cc(F)cc(Br)c3)cc2c1. The zero-order valence-corrected chi connectivity index (χ0v) is 12.9. The van der Waals surface area contributed by atoms with E-state index in [2.05, 4.69) is 21.4 Å². The second-order valence-electron chi connectivity index (χ2n) is 4.99. The third-order valence-corrected chi connectivity index (χ3v) is 3.82. The van der Waals surface area contributed by atoms with E-state index in [1.165, 1.54) is 12.1 Å². The van der Waals surface area contributed by atoms with Gasteiger partial charge in [-0.3, -0.25) is 5.84 Å². The largest absolute Gasteiger partial charge is 0.459 e. The average molecular weight is 349 g/mol. The van der Waals surface area contributed by atoms with Gasteiger partial charge in [0.25, 0.3) is 0 Å². The fourth-order valence-electron chi connectivity index (χ4n) is 2.41. The van der Waals surface area contributed by atoms with Crippen molar-refractivity contribution in [1.82, 2.24) is 5.43 Å². The lowest BCUT2D eigenvalue weighted by Crippen LogP contribution is -2.28. The van der Waals surface area contributed by atoms with Gasteiger partial charge in [0.05, 0.1) is 0 Å². The molecule has 3 rings (SSSR count). The summed E-state index contributed by atoms with van der Waals surface area (Å²) >= 11 is 3.29. The van der Waals surface area contributed by atoms with Crippen LogP contribution in [0.15, 0.2) is 51.4 Å². The molecule has 0 saturated carbocycles. The van der Waals surface area contributed by atoms with E-state index in [9.17, 15) is 4.39 Å². The number of aryl methyl sites for hydroxylation is 1. The monoisotopic (exact) mass is 348 g/mol. The van der Waals surface area contributed by atoms with E-state index >= 15 is 0 Å². The van der Waals surface area contributed by atoms with Crippen LogP contribution in [0.25, 0.3) is 11.0 Å². The molecule has 1 atom stereocenters. The molecule has 0 aliphatic heterocycles. The molecular formula is C16H14BrFN2O. The number of nitrogens with one attached hydrogen (secondary N) is 1. The van der Waals surface area contributed by atoms with Gasteiger partial charge in [-0.2, -0.15) is 0 Å². The molecule has 1 heterocycles. The van der Waals surface area contributed by atoms with Crippen LogP contribution < -0.4 is 11.3 Å². The predicted octanol–water partition coefficient (Wildman–Crippen LogP) is 4.20. The van der Waals surface area contributed by atoms with Crippen molar-refractivity contribution in [2.45, 2.75) is 13.0 Å². The highest BCUT2D eigenvalue weighted by Gasteiger charge is 2.18. The molecule has 108 valence electrons. The van der Waals surface area contributed by atoms with E-state index in [1.807, 2.05) is 37.3 Å². The summed E-state index contributed by atoms with van der Waals surface area (Å²) < 4.78 is 20.1. The zero-order chi connectivity index (χ0) is 15.0. The molecule has 1 unspecified atom stereocenters. The topological polar surface area (TPSA) is 51.2 Å². The van der Waals surface area contributed by atoms with Crippen LogP contribution in [0.5, 0.6) is 0 Å². The van der Waals surface area contributed by atoms with Crippen LogP contribution in [-0.4, -0.2) is 0 Å². The van der Waals surface area contributed by atoms with Crippen molar-refractivity contribution in [2.75, 3.05) is 0 Å². The summed E-state index contributed by atoms with van der Waals surface area (Å²) in [4.78, 5) is 0. The number of rotatable bonds is 3. The first-order valence-electron chi connectivity index (χ1n) is 6.49. The van der Waals surface area contributed by atoms with E-state index < -0.39 is 6.04 Å². The number of furan rings is 1. The number of fused-ring (bicyclic) bond motifs is 1. The molecule has 0 bridgehead atoms. The minimum Gasteiger partial charge on any atom is -0.459 e. The Morgan fingerprint density at radius 3 is 2.71 bits per heavy atom. The highest BCUT2D eigenvalue weighted by atomic mass is 79.9. The normalized spacial score (nSPS) is 12.8. The van der Waals surface area contributed by atoms with E-state index in [-0.39, 0.29) is 5.82 Å². The van der Waals surface area contributed by atoms with Crippen LogP contribution >= 0.6 is 15.9 Å². The lowest BCUT2D eigenvalue weighted by atomic mass is 10.0. The lowest BCUT2D eigenvalue weighted by Gasteiger charge is -2.14. The molecule has 3 nitrogen and oxygen atoms in total. The summed E-state index contributed by atoms with van der Waals surface area (Å²) in [5.41, 5.74) is 5.31. The van der Waals surface area contributed by atoms with Crippen LogP contribution in [-0.2, 0) is 0 Å². The third-order valence-electron chi connectivity index (χ3n) is 3.36. The molecule has 3 N–H and O–H groups in total. The van der Waals surface area contributed by atoms with Gasteiger partial charge in [0.2, 0.25) is 0 Å². The Hall–Kier alpha value is -1.69. The third kappa shape index (κ3) is 2.85. The smallest absolute Gasteiger partial charge is 0.134 e. The van der Waals surface area contributed by atoms with E-state index in [1.54, 1.807) is 0 Å². The minimum absolute atomic E-state index is 0.327. The molecule has 1 aromatic heterocycles. The van der Waals surface area contributed by atoms with Gasteiger partial charge in [0.15, 0.2) is 0 Å². The van der Waals surface area contributed by atoms with E-state index in [0.29, 0.717) is 15.8 Å². The Kier molecular flexibility index (Phi) is 3.80. The van der Waals surface area contributed by atoms with Gasteiger partial charge in [-0.05, 0) is 48.9 Å². The molecule has 0 radical (unpaired) electrons. The molecule has 2 aromatic carbocycles. The maximum absolute atomic E-state index is 13.6. The van der Waals surface area contributed by atoms with Crippen molar-refractivity contribution in [3.05, 3.63) is 69.6 Å². The van der Waals surface area contributed by atoms with Crippen molar-refractivity contribution in [1.29, 1.82) is 0 Å². The van der Waals surface area contributed by atoms with Crippen molar-refractivity contribution >= 4 is 26.9 Å². The van der Waals surface area contributed by atoms with Crippen molar-refractivity contribution in [3.8, 4) is 0 Å². The summed E-state index contributed by atoms with van der Waals surface area (Å²) in [6, 6.07) is 12.1. The van der Waals surface area contributed by atoms with Gasteiger partial charge in [-0.1, -0.05) is 27.6 Å². The Bertz CT molecular complexity index is 780. The fourth-order valence-corrected chi connectivity index (χ4v) is 2.89. The molecule has 0 spiro atoms. The Labute approximate surface area is 130 Å². The van der Waals surface area contributed by atoms with Gasteiger partial charge in [-0.25, -0.2) is 9.82 Å². The average Bonchev–Trinajstić information content (AvgIpc) is 2.81. The summed E-state index contributed by atoms with van der Waals surface area (Å²) in [6.07, 6.45) is 0. The van der Waals surface area contributed by atoms with Crippen LogP contribution in [0.2, 0.25) is 0 Å². The summed E-state index contributed by atoms with van der Waals surface area (Å²) in [6.45, 7) is 2.02. The highest BCUT2D eigenvalue weighted by Crippen LogP contribution is 2.30. The molecule has 3 aromatic rings. The fraction of sp³-hybridized carbons (Fsp3) is 0.125. The van der Waals surface area contributed by atoms with Crippen LogP contribution in [0, 0.1) is 12.7 Å². The molecule has 0 aliphatic rings. The van der Waals surface area contributed by atoms with Crippen LogP contribution in [0.4, 0.5) is 4.39 Å². The molecule has 0 amide bonds. The van der Waals surface area contributed by atoms with Gasteiger partial charge in [-0.15, -0.1) is 0 Å². The van der Waals surface area contributed by atoms with Gasteiger partial charge in [0, 0.05) is 9.86 Å².